The highest BCUT2D eigenvalue weighted by Crippen LogP contribution is 2.12. The fourth-order valence-electron chi connectivity index (χ4n) is 2.81. The van der Waals surface area contributed by atoms with Crippen LogP contribution in [-0.2, 0) is 9.53 Å². The van der Waals surface area contributed by atoms with E-state index in [1.54, 1.807) is 0 Å². The van der Waals surface area contributed by atoms with Crippen molar-refractivity contribution in [3.63, 3.8) is 0 Å². The van der Waals surface area contributed by atoms with E-state index in [2.05, 4.69) is 13.8 Å². The van der Waals surface area contributed by atoms with E-state index in [0.29, 0.717) is 6.42 Å². The third-order valence-electron chi connectivity index (χ3n) is 4.37. The molecule has 3 nitrogen and oxygen atoms in total. The van der Waals surface area contributed by atoms with Crippen LogP contribution in [0.2, 0.25) is 0 Å². The standard InChI is InChI=1S/C20H40O3/c1-3-5-7-9-11-13-15-17-20(22)23-19(18-21)16-14-12-10-8-6-4-2/h19,21H,3-18H2,1-2H3. The first-order valence-electron chi connectivity index (χ1n) is 10.0. The van der Waals surface area contributed by atoms with E-state index in [1.165, 1.54) is 64.2 Å². The van der Waals surface area contributed by atoms with Crippen molar-refractivity contribution in [3.05, 3.63) is 0 Å². The van der Waals surface area contributed by atoms with Crippen molar-refractivity contribution in [2.75, 3.05) is 6.61 Å². The fourth-order valence-corrected chi connectivity index (χ4v) is 2.81. The predicted octanol–water partition coefficient (Wildman–Crippen LogP) is 5.78. The van der Waals surface area contributed by atoms with Gasteiger partial charge in [0, 0.05) is 6.42 Å². The Balaban J connectivity index is 3.52. The number of hydrogen-bond donors (Lipinski definition) is 1. The van der Waals surface area contributed by atoms with Crippen molar-refractivity contribution in [3.8, 4) is 0 Å². The van der Waals surface area contributed by atoms with E-state index >= 15 is 0 Å². The zero-order valence-corrected chi connectivity index (χ0v) is 15.7. The van der Waals surface area contributed by atoms with Gasteiger partial charge in [0.1, 0.15) is 6.10 Å². The Bertz CT molecular complexity index is 253. The van der Waals surface area contributed by atoms with E-state index < -0.39 is 0 Å². The Labute approximate surface area is 144 Å². The molecule has 0 heterocycles. The highest BCUT2D eigenvalue weighted by atomic mass is 16.5. The molecule has 0 aromatic rings. The molecule has 0 radical (unpaired) electrons. The fraction of sp³-hybridized carbons (Fsp3) is 0.950. The Morgan fingerprint density at radius 3 is 1.78 bits per heavy atom. The molecule has 1 unspecified atom stereocenters. The molecule has 1 atom stereocenters. The molecule has 0 aliphatic heterocycles. The van der Waals surface area contributed by atoms with Crippen LogP contribution in [0.3, 0.4) is 0 Å². The molecule has 0 saturated carbocycles. The van der Waals surface area contributed by atoms with E-state index in [9.17, 15) is 9.90 Å². The molecule has 0 saturated heterocycles. The number of aliphatic hydroxyl groups is 1. The number of unbranched alkanes of at least 4 members (excludes halogenated alkanes) is 11. The topological polar surface area (TPSA) is 46.5 Å². The highest BCUT2D eigenvalue weighted by Gasteiger charge is 2.12. The molecule has 0 rings (SSSR count). The van der Waals surface area contributed by atoms with Crippen LogP contribution in [0.25, 0.3) is 0 Å². The number of esters is 1. The number of carbonyl (C=O) groups excluding carboxylic acids is 1. The minimum absolute atomic E-state index is 0.0439. The summed E-state index contributed by atoms with van der Waals surface area (Å²) >= 11 is 0. The molecule has 0 aromatic carbocycles. The zero-order valence-electron chi connectivity index (χ0n) is 15.7. The van der Waals surface area contributed by atoms with Crippen LogP contribution in [0.1, 0.15) is 110 Å². The van der Waals surface area contributed by atoms with Crippen LogP contribution in [-0.4, -0.2) is 23.8 Å². The second-order valence-electron chi connectivity index (χ2n) is 6.72. The van der Waals surface area contributed by atoms with Gasteiger partial charge in [0.25, 0.3) is 0 Å². The maximum atomic E-state index is 11.8. The molecule has 0 aromatic heterocycles. The number of aliphatic hydroxyl groups excluding tert-OH is 1. The van der Waals surface area contributed by atoms with Gasteiger partial charge in [-0.25, -0.2) is 0 Å². The minimum Gasteiger partial charge on any atom is -0.460 e. The molecule has 1 N–H and O–H groups in total. The summed E-state index contributed by atoms with van der Waals surface area (Å²) in [5.74, 6) is -0.136. The molecule has 0 aliphatic rings. The summed E-state index contributed by atoms with van der Waals surface area (Å²) in [6.07, 6.45) is 16.7. The smallest absolute Gasteiger partial charge is 0.306 e. The van der Waals surface area contributed by atoms with Gasteiger partial charge >= 0.3 is 5.97 Å². The SMILES string of the molecule is CCCCCCCCCC(=O)OC(CO)CCCCCCCC. The first-order valence-corrected chi connectivity index (χ1v) is 10.0. The number of hydrogen-bond acceptors (Lipinski definition) is 3. The van der Waals surface area contributed by atoms with Crippen LogP contribution in [0.5, 0.6) is 0 Å². The van der Waals surface area contributed by atoms with Gasteiger partial charge in [-0.2, -0.15) is 0 Å². The van der Waals surface area contributed by atoms with Crippen molar-refractivity contribution in [2.24, 2.45) is 0 Å². The van der Waals surface area contributed by atoms with Crippen molar-refractivity contribution >= 4 is 5.97 Å². The predicted molar refractivity (Wildman–Crippen MR) is 97.6 cm³/mol. The van der Waals surface area contributed by atoms with E-state index in [0.717, 1.165) is 25.7 Å². The van der Waals surface area contributed by atoms with Gasteiger partial charge in [0.2, 0.25) is 0 Å². The van der Waals surface area contributed by atoms with Crippen LogP contribution in [0.15, 0.2) is 0 Å². The molecule has 0 bridgehead atoms. The lowest BCUT2D eigenvalue weighted by Crippen LogP contribution is -2.21. The Morgan fingerprint density at radius 2 is 1.26 bits per heavy atom. The van der Waals surface area contributed by atoms with E-state index in [-0.39, 0.29) is 18.7 Å². The zero-order chi connectivity index (χ0) is 17.2. The Morgan fingerprint density at radius 1 is 0.783 bits per heavy atom. The second kappa shape index (κ2) is 17.8. The van der Waals surface area contributed by atoms with Gasteiger partial charge in [0.15, 0.2) is 0 Å². The highest BCUT2D eigenvalue weighted by molar-refractivity contribution is 5.69. The molecule has 0 aliphatic carbocycles. The van der Waals surface area contributed by atoms with Crippen molar-refractivity contribution in [2.45, 2.75) is 116 Å². The summed E-state index contributed by atoms with van der Waals surface area (Å²) < 4.78 is 5.38. The maximum absolute atomic E-state index is 11.8. The van der Waals surface area contributed by atoms with E-state index in [4.69, 9.17) is 4.74 Å². The largest absolute Gasteiger partial charge is 0.460 e. The normalized spacial score (nSPS) is 12.3. The number of rotatable bonds is 17. The number of carbonyl (C=O) groups is 1. The van der Waals surface area contributed by atoms with Crippen LogP contribution in [0.4, 0.5) is 0 Å². The first-order chi connectivity index (χ1) is 11.2. The molecule has 0 spiro atoms. The van der Waals surface area contributed by atoms with Crippen LogP contribution >= 0.6 is 0 Å². The van der Waals surface area contributed by atoms with Gasteiger partial charge in [-0.1, -0.05) is 84.5 Å². The molecule has 23 heavy (non-hydrogen) atoms. The summed E-state index contributed by atoms with van der Waals surface area (Å²) in [5, 5.41) is 9.33. The summed E-state index contributed by atoms with van der Waals surface area (Å²) in [5.41, 5.74) is 0. The molecule has 3 heteroatoms. The Kier molecular flexibility index (Phi) is 17.3. The second-order valence-corrected chi connectivity index (χ2v) is 6.72. The molecule has 138 valence electrons. The van der Waals surface area contributed by atoms with Gasteiger partial charge < -0.3 is 9.84 Å². The average molecular weight is 329 g/mol. The molecule has 0 amide bonds. The van der Waals surface area contributed by atoms with Gasteiger partial charge in [-0.3, -0.25) is 4.79 Å². The lowest BCUT2D eigenvalue weighted by atomic mass is 10.1. The number of ether oxygens (including phenoxy) is 1. The monoisotopic (exact) mass is 328 g/mol. The van der Waals surface area contributed by atoms with E-state index in [1.807, 2.05) is 0 Å². The molecular weight excluding hydrogens is 288 g/mol. The minimum atomic E-state index is -0.293. The van der Waals surface area contributed by atoms with Crippen molar-refractivity contribution in [1.82, 2.24) is 0 Å². The van der Waals surface area contributed by atoms with Gasteiger partial charge in [-0.15, -0.1) is 0 Å². The third-order valence-corrected chi connectivity index (χ3v) is 4.37. The molecular formula is C20H40O3. The third kappa shape index (κ3) is 16.1. The lowest BCUT2D eigenvalue weighted by Gasteiger charge is -2.15. The van der Waals surface area contributed by atoms with Crippen molar-refractivity contribution < 1.29 is 14.6 Å². The first kappa shape index (κ1) is 22.4. The van der Waals surface area contributed by atoms with Crippen molar-refractivity contribution in [1.29, 1.82) is 0 Å². The Hall–Kier alpha value is -0.570. The average Bonchev–Trinajstić information content (AvgIpc) is 2.56. The van der Waals surface area contributed by atoms with Gasteiger partial charge in [0.05, 0.1) is 6.61 Å². The summed E-state index contributed by atoms with van der Waals surface area (Å²) in [6, 6.07) is 0. The van der Waals surface area contributed by atoms with Crippen LogP contribution in [0, 0.1) is 0 Å². The lowest BCUT2D eigenvalue weighted by molar-refractivity contribution is -0.151. The summed E-state index contributed by atoms with van der Waals surface area (Å²) in [6.45, 7) is 4.39. The molecule has 0 fully saturated rings. The summed E-state index contributed by atoms with van der Waals surface area (Å²) in [4.78, 5) is 11.8. The van der Waals surface area contributed by atoms with Crippen LogP contribution < -0.4 is 0 Å². The quantitative estimate of drug-likeness (QED) is 0.272. The summed E-state index contributed by atoms with van der Waals surface area (Å²) in [7, 11) is 0. The maximum Gasteiger partial charge on any atom is 0.306 e. The van der Waals surface area contributed by atoms with Gasteiger partial charge in [-0.05, 0) is 19.3 Å².